The van der Waals surface area contributed by atoms with Crippen molar-refractivity contribution >= 4 is 33.1 Å². The van der Waals surface area contributed by atoms with Crippen LogP contribution >= 0.6 is 11.3 Å². The van der Waals surface area contributed by atoms with Crippen molar-refractivity contribution in [3.8, 4) is 5.75 Å². The maximum absolute atomic E-state index is 12.5. The van der Waals surface area contributed by atoms with Crippen LogP contribution in [0.2, 0.25) is 0 Å². The molecular weight excluding hydrogens is 360 g/mol. The minimum Gasteiger partial charge on any atom is -0.490 e. The van der Waals surface area contributed by atoms with E-state index in [0.717, 1.165) is 22.0 Å². The van der Waals surface area contributed by atoms with Crippen molar-refractivity contribution in [3.05, 3.63) is 61.5 Å². The van der Waals surface area contributed by atoms with Crippen LogP contribution in [0.1, 0.15) is 22.2 Å². The number of carbonyl (C=O) groups is 1. The number of nitro groups is 1. The minimum absolute atomic E-state index is 0.0177. The smallest absolute Gasteiger partial charge is 0.311 e. The van der Waals surface area contributed by atoms with Crippen LogP contribution in [0.15, 0.2) is 35.4 Å². The molecule has 3 aromatic rings. The molecule has 9 nitrogen and oxygen atoms in total. The molecule has 10 heteroatoms. The van der Waals surface area contributed by atoms with Crippen molar-refractivity contribution in [3.63, 3.8) is 0 Å². The molecule has 0 atom stereocenters. The van der Waals surface area contributed by atoms with Crippen LogP contribution in [-0.2, 0) is 6.42 Å². The number of ether oxygens (including phenoxy) is 1. The van der Waals surface area contributed by atoms with E-state index in [9.17, 15) is 19.7 Å². The van der Waals surface area contributed by atoms with Crippen LogP contribution in [0.4, 0.5) is 5.69 Å². The molecule has 26 heavy (non-hydrogen) atoms. The van der Waals surface area contributed by atoms with Crippen LogP contribution in [0.3, 0.4) is 0 Å². The predicted molar refractivity (Wildman–Crippen MR) is 96.6 cm³/mol. The summed E-state index contributed by atoms with van der Waals surface area (Å²) in [6.45, 7) is 1.97. The van der Waals surface area contributed by atoms with Gasteiger partial charge in [0.25, 0.3) is 11.5 Å². The monoisotopic (exact) mass is 374 g/mol. The Morgan fingerprint density at radius 3 is 2.85 bits per heavy atom. The van der Waals surface area contributed by atoms with Gasteiger partial charge in [0, 0.05) is 16.5 Å². The first kappa shape index (κ1) is 17.5. The SMILES string of the molecule is CCc1cc2c(=O)n(NC(=O)c3ccc(OC)c([N+](=O)[O-])c3)cnc2s1. The zero-order valence-corrected chi connectivity index (χ0v) is 14.7. The predicted octanol–water partition coefficient (Wildman–Crippen LogP) is 2.32. The normalized spacial score (nSPS) is 10.7. The molecule has 0 saturated heterocycles. The van der Waals surface area contributed by atoms with Crippen molar-refractivity contribution in [1.29, 1.82) is 0 Å². The quantitative estimate of drug-likeness (QED) is 0.541. The number of benzene rings is 1. The molecule has 0 unspecified atom stereocenters. The van der Waals surface area contributed by atoms with Crippen molar-refractivity contribution < 1.29 is 14.5 Å². The van der Waals surface area contributed by atoms with Gasteiger partial charge in [-0.25, -0.2) is 9.66 Å². The zero-order chi connectivity index (χ0) is 18.8. The summed E-state index contributed by atoms with van der Waals surface area (Å²) in [6, 6.07) is 5.53. The Bertz CT molecular complexity index is 1070. The summed E-state index contributed by atoms with van der Waals surface area (Å²) in [5, 5.41) is 11.5. The third-order valence-electron chi connectivity index (χ3n) is 3.71. The summed E-state index contributed by atoms with van der Waals surface area (Å²) in [5.74, 6) is -0.637. The van der Waals surface area contributed by atoms with Crippen LogP contribution in [0.5, 0.6) is 5.75 Å². The zero-order valence-electron chi connectivity index (χ0n) is 13.9. The van der Waals surface area contributed by atoms with Crippen molar-refractivity contribution in [2.45, 2.75) is 13.3 Å². The molecule has 0 aliphatic carbocycles. The second kappa shape index (κ2) is 6.92. The number of aryl methyl sites for hydroxylation is 1. The van der Waals surface area contributed by atoms with Gasteiger partial charge in [0.05, 0.1) is 17.4 Å². The van der Waals surface area contributed by atoms with Crippen molar-refractivity contribution in [2.75, 3.05) is 12.5 Å². The van der Waals surface area contributed by atoms with Crippen LogP contribution in [0.25, 0.3) is 10.2 Å². The molecule has 0 fully saturated rings. The largest absolute Gasteiger partial charge is 0.490 e. The van der Waals surface area contributed by atoms with E-state index in [2.05, 4.69) is 10.4 Å². The Morgan fingerprint density at radius 1 is 1.42 bits per heavy atom. The standard InChI is InChI=1S/C16H14N4O5S/c1-3-10-7-11-15(26-10)17-8-19(16(11)22)18-14(21)9-4-5-13(25-2)12(6-9)20(23)24/h4-8H,3H2,1-2H3,(H,18,21). The van der Waals surface area contributed by atoms with E-state index in [-0.39, 0.29) is 17.0 Å². The number of nitrogens with zero attached hydrogens (tertiary/aromatic N) is 3. The lowest BCUT2D eigenvalue weighted by atomic mass is 10.2. The van der Waals surface area contributed by atoms with Gasteiger partial charge in [-0.2, -0.15) is 0 Å². The molecule has 1 N–H and O–H groups in total. The van der Waals surface area contributed by atoms with E-state index in [1.165, 1.54) is 36.9 Å². The van der Waals surface area contributed by atoms with Crippen molar-refractivity contribution in [2.24, 2.45) is 0 Å². The van der Waals surface area contributed by atoms with Gasteiger partial charge in [-0.05, 0) is 24.6 Å². The second-order valence-electron chi connectivity index (χ2n) is 5.29. The molecule has 0 aliphatic rings. The number of methoxy groups -OCH3 is 1. The highest BCUT2D eigenvalue weighted by atomic mass is 32.1. The summed E-state index contributed by atoms with van der Waals surface area (Å²) in [5.41, 5.74) is 1.66. The van der Waals surface area contributed by atoms with E-state index >= 15 is 0 Å². The third-order valence-corrected chi connectivity index (χ3v) is 4.90. The molecule has 134 valence electrons. The van der Waals surface area contributed by atoms with Crippen molar-refractivity contribution in [1.82, 2.24) is 9.66 Å². The summed E-state index contributed by atoms with van der Waals surface area (Å²) < 4.78 is 5.87. The first-order chi connectivity index (χ1) is 12.4. The van der Waals surface area contributed by atoms with Crippen LogP contribution in [0, 0.1) is 10.1 Å². The number of thiophene rings is 1. The third kappa shape index (κ3) is 3.14. The minimum atomic E-state index is -0.676. The maximum atomic E-state index is 12.5. The first-order valence-corrected chi connectivity index (χ1v) is 8.40. The molecule has 3 rings (SSSR count). The van der Waals surface area contributed by atoms with Crippen LogP contribution in [-0.4, -0.2) is 27.6 Å². The highest BCUT2D eigenvalue weighted by Gasteiger charge is 2.19. The van der Waals surface area contributed by atoms with E-state index in [0.29, 0.717) is 10.2 Å². The highest BCUT2D eigenvalue weighted by Crippen LogP contribution is 2.27. The van der Waals surface area contributed by atoms with Gasteiger partial charge in [-0.15, -0.1) is 11.3 Å². The molecule has 1 aromatic carbocycles. The highest BCUT2D eigenvalue weighted by molar-refractivity contribution is 7.18. The fourth-order valence-electron chi connectivity index (χ4n) is 2.37. The summed E-state index contributed by atoms with van der Waals surface area (Å²) in [4.78, 5) is 41.1. The van der Waals surface area contributed by atoms with E-state index in [1.54, 1.807) is 6.07 Å². The molecule has 0 bridgehead atoms. The number of hydrogen-bond donors (Lipinski definition) is 1. The van der Waals surface area contributed by atoms with Gasteiger partial charge in [-0.3, -0.25) is 25.1 Å². The average Bonchev–Trinajstić information content (AvgIpc) is 3.07. The molecular formula is C16H14N4O5S. The van der Waals surface area contributed by atoms with Crippen LogP contribution < -0.4 is 15.7 Å². The fraction of sp³-hybridized carbons (Fsp3) is 0.188. The van der Waals surface area contributed by atoms with Gasteiger partial charge < -0.3 is 4.74 Å². The van der Waals surface area contributed by atoms with Gasteiger partial charge in [0.1, 0.15) is 11.2 Å². The molecule has 0 radical (unpaired) electrons. The van der Waals surface area contributed by atoms with Gasteiger partial charge in [0.2, 0.25) is 0 Å². The fourth-order valence-corrected chi connectivity index (χ4v) is 3.30. The molecule has 2 aromatic heterocycles. The summed E-state index contributed by atoms with van der Waals surface area (Å²) >= 11 is 1.42. The number of rotatable bonds is 5. The maximum Gasteiger partial charge on any atom is 0.311 e. The van der Waals surface area contributed by atoms with Gasteiger partial charge in [-0.1, -0.05) is 6.92 Å². The van der Waals surface area contributed by atoms with E-state index < -0.39 is 16.4 Å². The molecule has 1 amide bonds. The lowest BCUT2D eigenvalue weighted by molar-refractivity contribution is -0.385. The average molecular weight is 374 g/mol. The second-order valence-corrected chi connectivity index (χ2v) is 6.40. The lowest BCUT2D eigenvalue weighted by Crippen LogP contribution is -2.33. The summed E-state index contributed by atoms with van der Waals surface area (Å²) in [6.07, 6.45) is 2.00. The number of nitro benzene ring substituents is 1. The Balaban J connectivity index is 1.94. The first-order valence-electron chi connectivity index (χ1n) is 7.58. The molecule has 0 spiro atoms. The lowest BCUT2D eigenvalue weighted by Gasteiger charge is -2.08. The number of aromatic nitrogens is 2. The number of hydrogen-bond acceptors (Lipinski definition) is 7. The molecule has 0 saturated carbocycles. The Kier molecular flexibility index (Phi) is 4.67. The number of carbonyl (C=O) groups excluding carboxylic acids is 1. The Morgan fingerprint density at radius 2 is 2.19 bits per heavy atom. The van der Waals surface area contributed by atoms with E-state index in [4.69, 9.17) is 4.74 Å². The number of nitrogens with one attached hydrogen (secondary N) is 1. The number of fused-ring (bicyclic) bond motifs is 1. The summed E-state index contributed by atoms with van der Waals surface area (Å²) in [7, 11) is 1.30. The number of amides is 1. The van der Waals surface area contributed by atoms with Gasteiger partial charge >= 0.3 is 5.69 Å². The molecule has 2 heterocycles. The Hall–Kier alpha value is -3.27. The van der Waals surface area contributed by atoms with Gasteiger partial charge in [0.15, 0.2) is 5.75 Å². The molecule has 0 aliphatic heterocycles. The van der Waals surface area contributed by atoms with E-state index in [1.807, 2.05) is 6.92 Å². The topological polar surface area (TPSA) is 116 Å². The Labute approximate surface area is 151 Å².